The predicted octanol–water partition coefficient (Wildman–Crippen LogP) is 5.85. The number of hydrogen-bond acceptors (Lipinski definition) is 4. The summed E-state index contributed by atoms with van der Waals surface area (Å²) >= 11 is 12.2. The van der Waals surface area contributed by atoms with Crippen LogP contribution in [0.25, 0.3) is 0 Å². The summed E-state index contributed by atoms with van der Waals surface area (Å²) in [6, 6.07) is 15.0. The van der Waals surface area contributed by atoms with Gasteiger partial charge in [0.15, 0.2) is 11.5 Å². The number of ether oxygens (including phenoxy) is 2. The SMILES string of the molecule is CCOc1cccc(CNCc2ccco2)c1OCc1ccc(Cl)cc1Cl. The third kappa shape index (κ3) is 5.42. The fourth-order valence-electron chi connectivity index (χ4n) is 2.66. The molecule has 0 radical (unpaired) electrons. The summed E-state index contributed by atoms with van der Waals surface area (Å²) in [7, 11) is 0. The lowest BCUT2D eigenvalue weighted by molar-refractivity contribution is 0.266. The lowest BCUT2D eigenvalue weighted by Gasteiger charge is -2.17. The van der Waals surface area contributed by atoms with E-state index in [0.717, 1.165) is 16.9 Å². The lowest BCUT2D eigenvalue weighted by Crippen LogP contribution is -2.14. The molecule has 0 saturated carbocycles. The van der Waals surface area contributed by atoms with Gasteiger partial charge in [-0.05, 0) is 37.3 Å². The van der Waals surface area contributed by atoms with Gasteiger partial charge in [0, 0.05) is 27.7 Å². The van der Waals surface area contributed by atoms with Crippen LogP contribution < -0.4 is 14.8 Å². The Balaban J connectivity index is 1.73. The molecule has 0 aliphatic rings. The van der Waals surface area contributed by atoms with Crippen LogP contribution in [-0.2, 0) is 19.7 Å². The maximum Gasteiger partial charge on any atom is 0.166 e. The number of halogens is 2. The largest absolute Gasteiger partial charge is 0.490 e. The minimum absolute atomic E-state index is 0.325. The quantitative estimate of drug-likeness (QED) is 0.484. The van der Waals surface area contributed by atoms with E-state index in [9.17, 15) is 0 Å². The van der Waals surface area contributed by atoms with Crippen LogP contribution in [0.5, 0.6) is 11.5 Å². The van der Waals surface area contributed by atoms with E-state index in [1.165, 1.54) is 0 Å². The molecule has 6 heteroatoms. The van der Waals surface area contributed by atoms with Gasteiger partial charge in [-0.2, -0.15) is 0 Å². The summed E-state index contributed by atoms with van der Waals surface area (Å²) in [5.41, 5.74) is 1.86. The molecule has 1 N–H and O–H groups in total. The maximum atomic E-state index is 6.26. The Hall–Kier alpha value is -2.14. The molecule has 1 heterocycles. The third-order valence-electron chi connectivity index (χ3n) is 3.94. The molecule has 0 saturated heterocycles. The van der Waals surface area contributed by atoms with Crippen molar-refractivity contribution in [2.75, 3.05) is 6.61 Å². The van der Waals surface area contributed by atoms with E-state index in [4.69, 9.17) is 37.1 Å². The van der Waals surface area contributed by atoms with Gasteiger partial charge in [0.2, 0.25) is 0 Å². The minimum Gasteiger partial charge on any atom is -0.490 e. The highest BCUT2D eigenvalue weighted by Crippen LogP contribution is 2.33. The van der Waals surface area contributed by atoms with Gasteiger partial charge in [0.25, 0.3) is 0 Å². The van der Waals surface area contributed by atoms with Gasteiger partial charge in [-0.25, -0.2) is 0 Å². The molecule has 0 bridgehead atoms. The average Bonchev–Trinajstić information content (AvgIpc) is 3.16. The fraction of sp³-hybridized carbons (Fsp3) is 0.238. The molecule has 0 amide bonds. The van der Waals surface area contributed by atoms with Crippen LogP contribution in [0.1, 0.15) is 23.8 Å². The molecule has 3 rings (SSSR count). The standard InChI is InChI=1S/C21H21Cl2NO3/c1-2-25-20-7-3-5-15(12-24-13-18-6-4-10-26-18)21(20)27-14-16-8-9-17(22)11-19(16)23/h3-11,24H,2,12-14H2,1H3. The van der Waals surface area contributed by atoms with Crippen LogP contribution in [0.3, 0.4) is 0 Å². The minimum atomic E-state index is 0.325. The first kappa shape index (κ1) is 19.6. The second-order valence-corrected chi connectivity index (χ2v) is 6.73. The zero-order chi connectivity index (χ0) is 19.1. The first-order valence-corrected chi connectivity index (χ1v) is 9.47. The van der Waals surface area contributed by atoms with Gasteiger partial charge in [0.1, 0.15) is 12.4 Å². The van der Waals surface area contributed by atoms with Crippen molar-refractivity contribution in [3.05, 3.63) is 81.7 Å². The van der Waals surface area contributed by atoms with Crippen molar-refractivity contribution in [3.63, 3.8) is 0 Å². The highest BCUT2D eigenvalue weighted by atomic mass is 35.5. The van der Waals surface area contributed by atoms with Crippen LogP contribution >= 0.6 is 23.2 Å². The normalized spacial score (nSPS) is 10.8. The third-order valence-corrected chi connectivity index (χ3v) is 4.53. The van der Waals surface area contributed by atoms with Gasteiger partial charge >= 0.3 is 0 Å². The van der Waals surface area contributed by atoms with E-state index < -0.39 is 0 Å². The zero-order valence-electron chi connectivity index (χ0n) is 15.0. The Morgan fingerprint density at radius 3 is 2.59 bits per heavy atom. The molecule has 2 aromatic carbocycles. The van der Waals surface area contributed by atoms with Gasteiger partial charge in [-0.15, -0.1) is 0 Å². The zero-order valence-corrected chi connectivity index (χ0v) is 16.5. The van der Waals surface area contributed by atoms with Gasteiger partial charge in [-0.1, -0.05) is 41.4 Å². The smallest absolute Gasteiger partial charge is 0.166 e. The van der Waals surface area contributed by atoms with Gasteiger partial charge in [-0.3, -0.25) is 0 Å². The van der Waals surface area contributed by atoms with Gasteiger partial charge < -0.3 is 19.2 Å². The Bertz CT molecular complexity index is 866. The van der Waals surface area contributed by atoms with Crippen molar-refractivity contribution in [1.82, 2.24) is 5.32 Å². The first-order chi connectivity index (χ1) is 13.2. The van der Waals surface area contributed by atoms with Crippen LogP contribution in [0, 0.1) is 0 Å². The molecule has 1 aromatic heterocycles. The van der Waals surface area contributed by atoms with Crippen molar-refractivity contribution in [1.29, 1.82) is 0 Å². The summed E-state index contributed by atoms with van der Waals surface area (Å²) in [6.45, 7) is 4.08. The summed E-state index contributed by atoms with van der Waals surface area (Å²) in [5.74, 6) is 2.29. The first-order valence-electron chi connectivity index (χ1n) is 8.72. The van der Waals surface area contributed by atoms with Crippen LogP contribution in [0.2, 0.25) is 10.0 Å². The number of rotatable bonds is 9. The van der Waals surface area contributed by atoms with Crippen molar-refractivity contribution >= 4 is 23.2 Å². The molecule has 0 fully saturated rings. The van der Waals surface area contributed by atoms with Crippen LogP contribution in [0.15, 0.2) is 59.2 Å². The molecular formula is C21H21Cl2NO3. The second kappa shape index (κ2) is 9.70. The topological polar surface area (TPSA) is 43.6 Å². The molecule has 3 aromatic rings. The van der Waals surface area contributed by atoms with Gasteiger partial charge in [0.05, 0.1) is 19.4 Å². The van der Waals surface area contributed by atoms with Crippen molar-refractivity contribution < 1.29 is 13.9 Å². The van der Waals surface area contributed by atoms with Crippen molar-refractivity contribution in [2.24, 2.45) is 0 Å². The summed E-state index contributed by atoms with van der Waals surface area (Å²) in [5, 5.41) is 4.53. The highest BCUT2D eigenvalue weighted by molar-refractivity contribution is 6.35. The van der Waals surface area contributed by atoms with E-state index >= 15 is 0 Å². The number of para-hydroxylation sites is 1. The van der Waals surface area contributed by atoms with E-state index in [1.807, 2.05) is 43.3 Å². The average molecular weight is 406 g/mol. The molecule has 0 aliphatic carbocycles. The Kier molecular flexibility index (Phi) is 7.04. The van der Waals surface area contributed by atoms with E-state index in [1.54, 1.807) is 18.4 Å². The molecule has 27 heavy (non-hydrogen) atoms. The number of furan rings is 1. The predicted molar refractivity (Wildman–Crippen MR) is 108 cm³/mol. The summed E-state index contributed by atoms with van der Waals surface area (Å²) in [6.07, 6.45) is 1.66. The maximum absolute atomic E-state index is 6.26. The highest BCUT2D eigenvalue weighted by Gasteiger charge is 2.12. The molecular weight excluding hydrogens is 385 g/mol. The summed E-state index contributed by atoms with van der Waals surface area (Å²) < 4.78 is 17.2. The summed E-state index contributed by atoms with van der Waals surface area (Å²) in [4.78, 5) is 0. The van der Waals surface area contributed by atoms with E-state index in [-0.39, 0.29) is 0 Å². The molecule has 0 atom stereocenters. The number of hydrogen-bond donors (Lipinski definition) is 1. The van der Waals surface area contributed by atoms with Crippen LogP contribution in [-0.4, -0.2) is 6.61 Å². The van der Waals surface area contributed by atoms with E-state index in [0.29, 0.717) is 47.8 Å². The molecule has 0 unspecified atom stereocenters. The number of benzene rings is 2. The lowest BCUT2D eigenvalue weighted by atomic mass is 10.1. The fourth-order valence-corrected chi connectivity index (χ4v) is 3.12. The molecule has 0 spiro atoms. The van der Waals surface area contributed by atoms with Crippen molar-refractivity contribution in [2.45, 2.75) is 26.6 Å². The Morgan fingerprint density at radius 2 is 1.85 bits per heavy atom. The molecule has 4 nitrogen and oxygen atoms in total. The second-order valence-electron chi connectivity index (χ2n) is 5.88. The van der Waals surface area contributed by atoms with E-state index in [2.05, 4.69) is 5.32 Å². The Morgan fingerprint density at radius 1 is 0.963 bits per heavy atom. The molecule has 0 aliphatic heterocycles. The molecule has 142 valence electrons. The monoisotopic (exact) mass is 405 g/mol. The van der Waals surface area contributed by atoms with Crippen molar-refractivity contribution in [3.8, 4) is 11.5 Å². The Labute approximate surface area is 169 Å². The number of nitrogens with one attached hydrogen (secondary N) is 1. The van der Waals surface area contributed by atoms with Crippen LogP contribution in [0.4, 0.5) is 0 Å².